The van der Waals surface area contributed by atoms with Crippen LogP contribution in [0, 0.1) is 0 Å². The number of nitrogens with one attached hydrogen (secondary N) is 1. The Balaban J connectivity index is 2.10. The maximum absolute atomic E-state index is 12.4. The van der Waals surface area contributed by atoms with E-state index >= 15 is 0 Å². The number of carbonyl (C=O) groups excluding carboxylic acids is 1. The van der Waals surface area contributed by atoms with Crippen molar-refractivity contribution < 1.29 is 23.1 Å². The first-order chi connectivity index (χ1) is 9.77. The highest BCUT2D eigenvalue weighted by molar-refractivity contribution is 7.13. The molecule has 1 aromatic heterocycles. The Bertz CT molecular complexity index is 638. The van der Waals surface area contributed by atoms with Crippen LogP contribution in [0.3, 0.4) is 0 Å². The van der Waals surface area contributed by atoms with Crippen LogP contribution in [0.4, 0.5) is 24.0 Å². The molecule has 1 N–H and O–H groups in total. The molecule has 1 heterocycles. The molecule has 0 aliphatic rings. The van der Waals surface area contributed by atoms with Crippen LogP contribution in [0.1, 0.15) is 24.1 Å². The summed E-state index contributed by atoms with van der Waals surface area (Å²) >= 11 is 0.840. The van der Waals surface area contributed by atoms with Gasteiger partial charge in [0.25, 0.3) is 0 Å². The van der Waals surface area contributed by atoms with Gasteiger partial charge in [-0.1, -0.05) is 19.1 Å². The van der Waals surface area contributed by atoms with Crippen LogP contribution in [0.2, 0.25) is 0 Å². The Hall–Kier alpha value is -2.09. The van der Waals surface area contributed by atoms with E-state index in [2.05, 4.69) is 10.3 Å². The molecule has 2 rings (SSSR count). The van der Waals surface area contributed by atoms with Crippen molar-refractivity contribution in [1.29, 1.82) is 0 Å². The van der Waals surface area contributed by atoms with Crippen molar-refractivity contribution in [3.8, 4) is 0 Å². The number of hydrogen-bond donors (Lipinski definition) is 1. The number of carbonyl (C=O) groups is 1. The number of thiazole rings is 1. The number of carboxylic acids is 1. The van der Waals surface area contributed by atoms with E-state index in [0.29, 0.717) is 11.3 Å². The molecular weight excluding hydrogens is 305 g/mol. The van der Waals surface area contributed by atoms with Gasteiger partial charge in [-0.05, 0) is 17.7 Å². The molecule has 2 aromatic rings. The van der Waals surface area contributed by atoms with E-state index in [9.17, 15) is 23.1 Å². The first-order valence-electron chi connectivity index (χ1n) is 5.88. The summed E-state index contributed by atoms with van der Waals surface area (Å²) in [5, 5.41) is 14.5. The first-order valence-corrected chi connectivity index (χ1v) is 6.76. The molecule has 0 spiro atoms. The van der Waals surface area contributed by atoms with Crippen molar-refractivity contribution in [1.82, 2.24) is 4.98 Å². The lowest BCUT2D eigenvalue weighted by Gasteiger charge is -2.13. The summed E-state index contributed by atoms with van der Waals surface area (Å²) in [6.45, 7) is 1.49. The maximum atomic E-state index is 12.4. The van der Waals surface area contributed by atoms with E-state index in [1.807, 2.05) is 0 Å². The summed E-state index contributed by atoms with van der Waals surface area (Å²) in [6.07, 6.45) is -4.47. The molecule has 0 saturated heterocycles. The lowest BCUT2D eigenvalue weighted by molar-refractivity contribution is -0.307. The lowest BCUT2D eigenvalue weighted by atomic mass is 10.0. The van der Waals surface area contributed by atoms with Crippen LogP contribution >= 0.6 is 11.3 Å². The Kier molecular flexibility index (Phi) is 4.17. The number of benzene rings is 1. The Morgan fingerprint density at radius 1 is 1.33 bits per heavy atom. The van der Waals surface area contributed by atoms with Crippen LogP contribution in [0.25, 0.3) is 0 Å². The smallest absolute Gasteiger partial charge is 0.434 e. The standard InChI is InChI=1S/C13H11F3N2O2S/c1-7(11(19)20)8-2-4-9(5-3-8)17-12-18-10(6-21-12)13(14,15)16/h2-7H,1H3,(H,17,18)(H,19,20)/p-1/t7-/m0/s1. The van der Waals surface area contributed by atoms with Gasteiger partial charge in [0.05, 0.1) is 0 Å². The Morgan fingerprint density at radius 3 is 2.43 bits per heavy atom. The zero-order valence-corrected chi connectivity index (χ0v) is 11.6. The average molecular weight is 315 g/mol. The van der Waals surface area contributed by atoms with Crippen LogP contribution in [0.5, 0.6) is 0 Å². The van der Waals surface area contributed by atoms with Crippen LogP contribution in [-0.4, -0.2) is 11.0 Å². The van der Waals surface area contributed by atoms with Gasteiger partial charge in [0.2, 0.25) is 0 Å². The monoisotopic (exact) mass is 315 g/mol. The van der Waals surface area contributed by atoms with Gasteiger partial charge >= 0.3 is 6.18 Å². The minimum Gasteiger partial charge on any atom is -0.550 e. The van der Waals surface area contributed by atoms with Gasteiger partial charge in [0.1, 0.15) is 0 Å². The third kappa shape index (κ3) is 3.72. The SMILES string of the molecule is C[C@H](C(=O)[O-])c1ccc(Nc2nc(C(F)(F)F)cs2)cc1. The molecule has 1 atom stereocenters. The predicted octanol–water partition coefficient (Wildman–Crippen LogP) is 2.76. The molecule has 0 radical (unpaired) electrons. The minimum atomic E-state index is -4.47. The molecule has 0 aliphatic carbocycles. The second-order valence-corrected chi connectivity index (χ2v) is 5.18. The van der Waals surface area contributed by atoms with Gasteiger partial charge in [0, 0.05) is 23.0 Å². The molecule has 0 fully saturated rings. The number of anilines is 2. The number of aliphatic carboxylic acids is 1. The maximum Gasteiger partial charge on any atom is 0.434 e. The molecule has 0 saturated carbocycles. The third-order valence-electron chi connectivity index (χ3n) is 2.81. The summed E-state index contributed by atoms with van der Waals surface area (Å²) in [5.74, 6) is -1.94. The number of nitrogens with zero attached hydrogens (tertiary/aromatic N) is 1. The van der Waals surface area contributed by atoms with Crippen LogP contribution < -0.4 is 10.4 Å². The second-order valence-electron chi connectivity index (χ2n) is 4.32. The van der Waals surface area contributed by atoms with Gasteiger partial charge in [-0.25, -0.2) is 4.98 Å². The average Bonchev–Trinajstić information content (AvgIpc) is 2.87. The normalized spacial score (nSPS) is 13.0. The highest BCUT2D eigenvalue weighted by Crippen LogP contribution is 2.32. The zero-order chi connectivity index (χ0) is 15.6. The first kappa shape index (κ1) is 15.3. The fourth-order valence-electron chi connectivity index (χ4n) is 1.58. The van der Waals surface area contributed by atoms with E-state index < -0.39 is 23.8 Å². The highest BCUT2D eigenvalue weighted by Gasteiger charge is 2.33. The highest BCUT2D eigenvalue weighted by atomic mass is 32.1. The predicted molar refractivity (Wildman–Crippen MR) is 70.3 cm³/mol. The van der Waals surface area contributed by atoms with E-state index in [-0.39, 0.29) is 5.13 Å². The molecule has 0 amide bonds. The van der Waals surface area contributed by atoms with E-state index in [1.165, 1.54) is 6.92 Å². The molecule has 8 heteroatoms. The van der Waals surface area contributed by atoms with Gasteiger partial charge in [-0.15, -0.1) is 11.3 Å². The summed E-state index contributed by atoms with van der Waals surface area (Å²) in [4.78, 5) is 14.2. The fourth-order valence-corrected chi connectivity index (χ4v) is 2.31. The zero-order valence-electron chi connectivity index (χ0n) is 10.8. The number of carboxylic acid groups (broad SMARTS) is 1. The fraction of sp³-hybridized carbons (Fsp3) is 0.231. The summed E-state index contributed by atoms with van der Waals surface area (Å²) < 4.78 is 37.2. The van der Waals surface area contributed by atoms with Gasteiger partial charge in [-0.3, -0.25) is 0 Å². The number of halogens is 3. The van der Waals surface area contributed by atoms with E-state index in [0.717, 1.165) is 16.7 Å². The minimum absolute atomic E-state index is 0.114. The third-order valence-corrected chi connectivity index (χ3v) is 3.57. The van der Waals surface area contributed by atoms with Crippen molar-refractivity contribution in [3.63, 3.8) is 0 Å². The number of aromatic nitrogens is 1. The molecule has 0 unspecified atom stereocenters. The van der Waals surface area contributed by atoms with Gasteiger partial charge in [0.15, 0.2) is 10.8 Å². The molecule has 21 heavy (non-hydrogen) atoms. The van der Waals surface area contributed by atoms with Crippen molar-refractivity contribution in [2.24, 2.45) is 0 Å². The summed E-state index contributed by atoms with van der Waals surface area (Å²) in [6, 6.07) is 6.29. The van der Waals surface area contributed by atoms with Crippen molar-refractivity contribution in [3.05, 3.63) is 40.9 Å². The number of alkyl halides is 3. The van der Waals surface area contributed by atoms with Crippen LogP contribution in [-0.2, 0) is 11.0 Å². The van der Waals surface area contributed by atoms with Gasteiger partial charge in [-0.2, -0.15) is 13.2 Å². The largest absolute Gasteiger partial charge is 0.550 e. The van der Waals surface area contributed by atoms with Crippen LogP contribution in [0.15, 0.2) is 29.6 Å². The molecule has 112 valence electrons. The van der Waals surface area contributed by atoms with Crippen molar-refractivity contribution >= 4 is 28.1 Å². The van der Waals surface area contributed by atoms with Crippen molar-refractivity contribution in [2.45, 2.75) is 19.0 Å². The lowest BCUT2D eigenvalue weighted by Crippen LogP contribution is -2.27. The summed E-state index contributed by atoms with van der Waals surface area (Å²) in [5.41, 5.74) is 0.125. The quantitative estimate of drug-likeness (QED) is 0.942. The number of rotatable bonds is 4. The number of hydrogen-bond acceptors (Lipinski definition) is 5. The molecule has 0 bridgehead atoms. The molecule has 1 aromatic carbocycles. The molecule has 4 nitrogen and oxygen atoms in total. The molecule has 0 aliphatic heterocycles. The Morgan fingerprint density at radius 2 is 1.95 bits per heavy atom. The molecular formula is C13H10F3N2O2S-. The topological polar surface area (TPSA) is 65.0 Å². The second kappa shape index (κ2) is 5.72. The summed E-state index contributed by atoms with van der Waals surface area (Å²) in [7, 11) is 0. The van der Waals surface area contributed by atoms with E-state index in [4.69, 9.17) is 0 Å². The van der Waals surface area contributed by atoms with Crippen molar-refractivity contribution in [2.75, 3.05) is 5.32 Å². The van der Waals surface area contributed by atoms with E-state index in [1.54, 1.807) is 24.3 Å². The van der Waals surface area contributed by atoms with Gasteiger partial charge < -0.3 is 15.2 Å². The Labute approximate surface area is 122 Å².